The van der Waals surface area contributed by atoms with E-state index in [0.717, 1.165) is 25.9 Å². The Bertz CT molecular complexity index is 446. The predicted octanol–water partition coefficient (Wildman–Crippen LogP) is -0.703. The number of likely N-dealkylation sites (tertiary alicyclic amines) is 1. The van der Waals surface area contributed by atoms with E-state index < -0.39 is 0 Å². The maximum Gasteiger partial charge on any atom is 0.292 e. The van der Waals surface area contributed by atoms with Gasteiger partial charge in [-0.15, -0.1) is 0 Å². The molecule has 0 aromatic carbocycles. The molecule has 116 valence electrons. The van der Waals surface area contributed by atoms with Crippen molar-refractivity contribution in [3.8, 4) is 0 Å². The van der Waals surface area contributed by atoms with Gasteiger partial charge in [0.25, 0.3) is 5.91 Å². The highest BCUT2D eigenvalue weighted by atomic mass is 16.6. The SMILES string of the molecule is O=C(C1CCCN1C(=O)C1=COCCO1)N1CCNCC1. The smallest absolute Gasteiger partial charge is 0.292 e. The van der Waals surface area contributed by atoms with Crippen LogP contribution in [0.5, 0.6) is 0 Å². The number of carbonyl (C=O) groups excluding carboxylic acids is 2. The zero-order valence-corrected chi connectivity index (χ0v) is 12.0. The van der Waals surface area contributed by atoms with Gasteiger partial charge in [0.15, 0.2) is 0 Å². The number of rotatable bonds is 2. The van der Waals surface area contributed by atoms with Gasteiger partial charge in [-0.2, -0.15) is 0 Å². The fraction of sp³-hybridized carbons (Fsp3) is 0.714. The summed E-state index contributed by atoms with van der Waals surface area (Å²) in [4.78, 5) is 28.6. The van der Waals surface area contributed by atoms with Crippen LogP contribution in [0.4, 0.5) is 0 Å². The molecular weight excluding hydrogens is 274 g/mol. The molecule has 7 heteroatoms. The van der Waals surface area contributed by atoms with Gasteiger partial charge in [0.2, 0.25) is 11.7 Å². The summed E-state index contributed by atoms with van der Waals surface area (Å²) in [5.41, 5.74) is 0. The molecule has 3 heterocycles. The van der Waals surface area contributed by atoms with E-state index in [1.165, 1.54) is 6.26 Å². The fourth-order valence-electron chi connectivity index (χ4n) is 2.98. The highest BCUT2D eigenvalue weighted by Gasteiger charge is 2.38. The second kappa shape index (κ2) is 6.34. The van der Waals surface area contributed by atoms with Crippen LogP contribution in [-0.4, -0.2) is 73.6 Å². The molecule has 2 amide bonds. The lowest BCUT2D eigenvalue weighted by molar-refractivity contribution is -0.144. The summed E-state index contributed by atoms with van der Waals surface area (Å²) in [5.74, 6) is 0.0293. The molecule has 0 aliphatic carbocycles. The van der Waals surface area contributed by atoms with E-state index >= 15 is 0 Å². The normalized spacial score (nSPS) is 25.9. The van der Waals surface area contributed by atoms with Crippen LogP contribution in [-0.2, 0) is 19.1 Å². The third-order valence-corrected chi connectivity index (χ3v) is 4.09. The van der Waals surface area contributed by atoms with Crippen LogP contribution in [0.25, 0.3) is 0 Å². The van der Waals surface area contributed by atoms with Crippen LogP contribution in [0, 0.1) is 0 Å². The molecular formula is C14H21N3O4. The highest BCUT2D eigenvalue weighted by Crippen LogP contribution is 2.23. The number of carbonyl (C=O) groups is 2. The lowest BCUT2D eigenvalue weighted by atomic mass is 10.1. The first-order valence-corrected chi connectivity index (χ1v) is 7.52. The van der Waals surface area contributed by atoms with Gasteiger partial charge < -0.3 is 24.6 Å². The van der Waals surface area contributed by atoms with Crippen molar-refractivity contribution >= 4 is 11.8 Å². The summed E-state index contributed by atoms with van der Waals surface area (Å²) in [6.07, 6.45) is 2.93. The number of ether oxygens (including phenoxy) is 2. The maximum absolute atomic E-state index is 12.6. The number of hydrogen-bond acceptors (Lipinski definition) is 5. The minimum absolute atomic E-state index is 0.0553. The van der Waals surface area contributed by atoms with Gasteiger partial charge >= 0.3 is 0 Å². The third kappa shape index (κ3) is 2.97. The molecule has 2 fully saturated rings. The fourth-order valence-corrected chi connectivity index (χ4v) is 2.98. The first-order valence-electron chi connectivity index (χ1n) is 7.52. The van der Waals surface area contributed by atoms with E-state index in [4.69, 9.17) is 9.47 Å². The third-order valence-electron chi connectivity index (χ3n) is 4.09. The van der Waals surface area contributed by atoms with Crippen LogP contribution in [0.2, 0.25) is 0 Å². The van der Waals surface area contributed by atoms with Gasteiger partial charge in [0.05, 0.1) is 0 Å². The minimum atomic E-state index is -0.359. The molecule has 0 spiro atoms. The van der Waals surface area contributed by atoms with Gasteiger partial charge in [-0.25, -0.2) is 0 Å². The van der Waals surface area contributed by atoms with Crippen LogP contribution in [0.1, 0.15) is 12.8 Å². The second-order valence-electron chi connectivity index (χ2n) is 5.43. The van der Waals surface area contributed by atoms with Crippen molar-refractivity contribution in [2.75, 3.05) is 45.9 Å². The lowest BCUT2D eigenvalue weighted by Gasteiger charge is -2.33. The topological polar surface area (TPSA) is 71.1 Å². The van der Waals surface area contributed by atoms with E-state index in [1.54, 1.807) is 4.90 Å². The van der Waals surface area contributed by atoms with Crippen LogP contribution >= 0.6 is 0 Å². The van der Waals surface area contributed by atoms with Gasteiger partial charge in [0.1, 0.15) is 25.5 Å². The second-order valence-corrected chi connectivity index (χ2v) is 5.43. The van der Waals surface area contributed by atoms with Crippen molar-refractivity contribution in [3.05, 3.63) is 12.0 Å². The van der Waals surface area contributed by atoms with Crippen molar-refractivity contribution in [3.63, 3.8) is 0 Å². The zero-order chi connectivity index (χ0) is 14.7. The maximum atomic E-state index is 12.6. The van der Waals surface area contributed by atoms with Crippen LogP contribution < -0.4 is 5.32 Å². The van der Waals surface area contributed by atoms with E-state index in [0.29, 0.717) is 32.8 Å². The molecule has 0 bridgehead atoms. The van der Waals surface area contributed by atoms with E-state index in [2.05, 4.69) is 5.32 Å². The highest BCUT2D eigenvalue weighted by molar-refractivity contribution is 5.95. The van der Waals surface area contributed by atoms with Crippen molar-refractivity contribution in [1.29, 1.82) is 0 Å². The summed E-state index contributed by atoms with van der Waals surface area (Å²) in [6, 6.07) is -0.359. The monoisotopic (exact) mass is 295 g/mol. The average molecular weight is 295 g/mol. The summed E-state index contributed by atoms with van der Waals surface area (Å²) < 4.78 is 10.5. The van der Waals surface area contributed by atoms with Crippen LogP contribution in [0.3, 0.4) is 0 Å². The van der Waals surface area contributed by atoms with Gasteiger partial charge in [-0.05, 0) is 12.8 Å². The Morgan fingerprint density at radius 1 is 1.19 bits per heavy atom. The first-order chi connectivity index (χ1) is 10.3. The summed E-state index contributed by atoms with van der Waals surface area (Å²) in [7, 11) is 0. The Kier molecular flexibility index (Phi) is 4.28. The Labute approximate surface area is 123 Å². The van der Waals surface area contributed by atoms with Crippen molar-refractivity contribution in [2.45, 2.75) is 18.9 Å². The number of nitrogens with one attached hydrogen (secondary N) is 1. The van der Waals surface area contributed by atoms with Crippen molar-refractivity contribution in [1.82, 2.24) is 15.1 Å². The molecule has 3 aliphatic rings. The molecule has 1 N–H and O–H groups in total. The number of piperazine rings is 1. The van der Waals surface area contributed by atoms with Crippen molar-refractivity contribution < 1.29 is 19.1 Å². The molecule has 0 saturated carbocycles. The molecule has 3 aliphatic heterocycles. The quantitative estimate of drug-likeness (QED) is 0.729. The largest absolute Gasteiger partial charge is 0.494 e. The molecule has 0 radical (unpaired) electrons. The Balaban J connectivity index is 1.68. The summed E-state index contributed by atoms with van der Waals surface area (Å²) in [5, 5.41) is 3.23. The zero-order valence-electron chi connectivity index (χ0n) is 12.0. The van der Waals surface area contributed by atoms with E-state index in [1.807, 2.05) is 4.90 Å². The van der Waals surface area contributed by atoms with Crippen molar-refractivity contribution in [2.24, 2.45) is 0 Å². The Morgan fingerprint density at radius 2 is 2.00 bits per heavy atom. The Hall–Kier alpha value is -1.76. The molecule has 2 saturated heterocycles. The first kappa shape index (κ1) is 14.2. The number of nitrogens with zero attached hydrogens (tertiary/aromatic N) is 2. The molecule has 21 heavy (non-hydrogen) atoms. The standard InChI is InChI=1S/C14H21N3O4/c18-13(16-6-3-15-4-7-16)11-2-1-5-17(11)14(19)12-10-20-8-9-21-12/h10-11,15H,1-9H2. The molecule has 3 rings (SSSR count). The molecule has 1 atom stereocenters. The van der Waals surface area contributed by atoms with E-state index in [9.17, 15) is 9.59 Å². The summed E-state index contributed by atoms with van der Waals surface area (Å²) >= 11 is 0. The van der Waals surface area contributed by atoms with E-state index in [-0.39, 0.29) is 23.6 Å². The van der Waals surface area contributed by atoms with Crippen LogP contribution in [0.15, 0.2) is 12.0 Å². The van der Waals surface area contributed by atoms with Gasteiger partial charge in [-0.3, -0.25) is 9.59 Å². The lowest BCUT2D eigenvalue weighted by Crippen LogP contribution is -2.53. The Morgan fingerprint density at radius 3 is 2.71 bits per heavy atom. The number of hydrogen-bond donors (Lipinski definition) is 1. The van der Waals surface area contributed by atoms with Gasteiger partial charge in [0, 0.05) is 32.7 Å². The molecule has 1 unspecified atom stereocenters. The molecule has 7 nitrogen and oxygen atoms in total. The minimum Gasteiger partial charge on any atom is -0.494 e. The van der Waals surface area contributed by atoms with Gasteiger partial charge in [-0.1, -0.05) is 0 Å². The molecule has 0 aromatic heterocycles. The number of amides is 2. The predicted molar refractivity (Wildman–Crippen MR) is 74.2 cm³/mol. The molecule has 0 aromatic rings. The summed E-state index contributed by atoms with van der Waals surface area (Å²) in [6.45, 7) is 4.48. The average Bonchev–Trinajstić information content (AvgIpc) is 3.04.